The fourth-order valence-electron chi connectivity index (χ4n) is 1.82. The minimum Gasteiger partial charge on any atom is -0.326 e. The summed E-state index contributed by atoms with van der Waals surface area (Å²) in [6, 6.07) is 14.1. The predicted molar refractivity (Wildman–Crippen MR) is 96.5 cm³/mol. The molecule has 2 amide bonds. The molecule has 5 nitrogen and oxygen atoms in total. The van der Waals surface area contributed by atoms with Crippen LogP contribution in [0.15, 0.2) is 53.6 Å². The highest BCUT2D eigenvalue weighted by atomic mass is 35.5. The van der Waals surface area contributed by atoms with Crippen molar-refractivity contribution in [2.45, 2.75) is 12.8 Å². The highest BCUT2D eigenvalue weighted by molar-refractivity contribution is 6.43. The van der Waals surface area contributed by atoms with Crippen molar-refractivity contribution in [3.8, 4) is 0 Å². The molecule has 0 aliphatic rings. The van der Waals surface area contributed by atoms with Gasteiger partial charge >= 0.3 is 0 Å². The highest BCUT2D eigenvalue weighted by Gasteiger charge is 2.07. The van der Waals surface area contributed by atoms with Crippen molar-refractivity contribution < 1.29 is 9.59 Å². The number of anilines is 1. The highest BCUT2D eigenvalue weighted by Crippen LogP contribution is 2.24. The number of hydrogen-bond acceptors (Lipinski definition) is 3. The van der Waals surface area contributed by atoms with Gasteiger partial charge in [0.05, 0.1) is 16.3 Å². The van der Waals surface area contributed by atoms with Crippen molar-refractivity contribution in [2.24, 2.45) is 5.10 Å². The molecule has 0 aromatic heterocycles. The predicted octanol–water partition coefficient (Wildman–Crippen LogP) is 3.86. The van der Waals surface area contributed by atoms with Gasteiger partial charge in [-0.25, -0.2) is 5.43 Å². The first-order valence-electron chi connectivity index (χ1n) is 7.17. The van der Waals surface area contributed by atoms with Crippen LogP contribution in [-0.2, 0) is 9.59 Å². The third-order valence-corrected chi connectivity index (χ3v) is 3.84. The third-order valence-electron chi connectivity index (χ3n) is 3.01. The third kappa shape index (κ3) is 5.68. The van der Waals surface area contributed by atoms with Crippen molar-refractivity contribution in [1.29, 1.82) is 0 Å². The Bertz CT molecular complexity index is 749. The molecule has 2 rings (SSSR count). The molecule has 0 spiro atoms. The molecule has 0 heterocycles. The van der Waals surface area contributed by atoms with E-state index < -0.39 is 0 Å². The molecule has 24 heavy (non-hydrogen) atoms. The Morgan fingerprint density at radius 3 is 2.42 bits per heavy atom. The number of rotatable bonds is 6. The summed E-state index contributed by atoms with van der Waals surface area (Å²) < 4.78 is 0. The molecule has 124 valence electrons. The number of hydrogen-bond donors (Lipinski definition) is 2. The minimum absolute atomic E-state index is 0.0271. The Morgan fingerprint density at radius 2 is 1.67 bits per heavy atom. The maximum absolute atomic E-state index is 11.7. The van der Waals surface area contributed by atoms with Crippen LogP contribution < -0.4 is 10.7 Å². The van der Waals surface area contributed by atoms with Gasteiger partial charge in [0.1, 0.15) is 0 Å². The second-order valence-corrected chi connectivity index (χ2v) is 5.64. The first-order valence-corrected chi connectivity index (χ1v) is 7.92. The van der Waals surface area contributed by atoms with E-state index in [1.165, 1.54) is 6.21 Å². The van der Waals surface area contributed by atoms with Gasteiger partial charge in [0.15, 0.2) is 0 Å². The van der Waals surface area contributed by atoms with Gasteiger partial charge in [-0.15, -0.1) is 0 Å². The molecule has 2 aromatic rings. The molecule has 0 atom stereocenters. The van der Waals surface area contributed by atoms with E-state index >= 15 is 0 Å². The molecule has 0 fully saturated rings. The standard InChI is InChI=1S/C17H15Cl2N3O2/c18-14-8-4-5-12(17(14)19)11-20-22-16(24)10-9-15(23)21-13-6-2-1-3-7-13/h1-8,11H,9-10H2,(H,21,23)(H,22,24)/b20-11-. The van der Waals surface area contributed by atoms with Crippen LogP contribution in [0.5, 0.6) is 0 Å². The molecule has 0 bridgehead atoms. The van der Waals surface area contributed by atoms with Gasteiger partial charge in [-0.1, -0.05) is 53.5 Å². The Hall–Kier alpha value is -2.37. The average molecular weight is 364 g/mol. The summed E-state index contributed by atoms with van der Waals surface area (Å²) in [5.41, 5.74) is 3.63. The lowest BCUT2D eigenvalue weighted by atomic mass is 10.2. The summed E-state index contributed by atoms with van der Waals surface area (Å²) >= 11 is 11.9. The van der Waals surface area contributed by atoms with E-state index in [1.807, 2.05) is 18.2 Å². The van der Waals surface area contributed by atoms with Crippen LogP contribution in [0.3, 0.4) is 0 Å². The summed E-state index contributed by atoms with van der Waals surface area (Å²) in [6.07, 6.45) is 1.49. The molecule has 0 unspecified atom stereocenters. The fraction of sp³-hybridized carbons (Fsp3) is 0.118. The van der Waals surface area contributed by atoms with Crippen molar-refractivity contribution in [2.75, 3.05) is 5.32 Å². The van der Waals surface area contributed by atoms with Crippen LogP contribution in [0.2, 0.25) is 10.0 Å². The average Bonchev–Trinajstić information content (AvgIpc) is 2.58. The summed E-state index contributed by atoms with van der Waals surface area (Å²) in [5.74, 6) is -0.606. The number of carbonyl (C=O) groups excluding carboxylic acids is 2. The maximum Gasteiger partial charge on any atom is 0.240 e. The smallest absolute Gasteiger partial charge is 0.240 e. The van der Waals surface area contributed by atoms with Gasteiger partial charge < -0.3 is 5.32 Å². The van der Waals surface area contributed by atoms with Gasteiger partial charge in [-0.05, 0) is 18.2 Å². The van der Waals surface area contributed by atoms with E-state index in [4.69, 9.17) is 23.2 Å². The first-order chi connectivity index (χ1) is 11.6. The lowest BCUT2D eigenvalue weighted by Crippen LogP contribution is -2.20. The molecule has 2 aromatic carbocycles. The summed E-state index contributed by atoms with van der Waals surface area (Å²) in [7, 11) is 0. The molecule has 0 aliphatic carbocycles. The van der Waals surface area contributed by atoms with Crippen LogP contribution in [-0.4, -0.2) is 18.0 Å². The van der Waals surface area contributed by atoms with Crippen LogP contribution >= 0.6 is 23.2 Å². The zero-order valence-electron chi connectivity index (χ0n) is 12.6. The lowest BCUT2D eigenvalue weighted by molar-refractivity contribution is -0.124. The van der Waals surface area contributed by atoms with Crippen LogP contribution in [0.4, 0.5) is 5.69 Å². The summed E-state index contributed by atoms with van der Waals surface area (Å²) in [5, 5.41) is 7.28. The Labute approximate surface area is 149 Å². The molecular formula is C17H15Cl2N3O2. The van der Waals surface area contributed by atoms with Gasteiger partial charge in [-0.2, -0.15) is 5.10 Å². The zero-order chi connectivity index (χ0) is 17.4. The van der Waals surface area contributed by atoms with Gasteiger partial charge in [-0.3, -0.25) is 9.59 Å². The van der Waals surface area contributed by atoms with E-state index in [0.29, 0.717) is 21.3 Å². The molecule has 7 heteroatoms. The van der Waals surface area contributed by atoms with E-state index in [9.17, 15) is 9.59 Å². The first kappa shape index (κ1) is 18.0. The number of benzene rings is 2. The SMILES string of the molecule is O=C(CCC(=O)Nc1ccccc1)N/N=C\c1cccc(Cl)c1Cl. The second kappa shape index (κ2) is 9.05. The number of halogens is 2. The van der Waals surface area contributed by atoms with Crippen molar-refractivity contribution in [1.82, 2.24) is 5.43 Å². The normalized spacial score (nSPS) is 10.6. The molecule has 0 radical (unpaired) electrons. The number of carbonyl (C=O) groups is 2. The molecular weight excluding hydrogens is 349 g/mol. The Kier molecular flexibility index (Phi) is 6.78. The number of hydrazone groups is 1. The monoisotopic (exact) mass is 363 g/mol. The molecule has 0 aliphatic heterocycles. The topological polar surface area (TPSA) is 70.6 Å². The van der Waals surface area contributed by atoms with E-state index in [-0.39, 0.29) is 24.7 Å². The van der Waals surface area contributed by atoms with E-state index in [1.54, 1.807) is 30.3 Å². The van der Waals surface area contributed by atoms with Crippen molar-refractivity contribution in [3.63, 3.8) is 0 Å². The van der Waals surface area contributed by atoms with Gasteiger partial charge in [0.25, 0.3) is 0 Å². The summed E-state index contributed by atoms with van der Waals surface area (Å²) in [4.78, 5) is 23.4. The Balaban J connectivity index is 1.76. The van der Waals surface area contributed by atoms with Crippen LogP contribution in [0, 0.1) is 0 Å². The summed E-state index contributed by atoms with van der Waals surface area (Å²) in [6.45, 7) is 0. The van der Waals surface area contributed by atoms with Gasteiger partial charge in [0.2, 0.25) is 11.8 Å². The van der Waals surface area contributed by atoms with Crippen molar-refractivity contribution >= 4 is 46.9 Å². The molecule has 2 N–H and O–H groups in total. The zero-order valence-corrected chi connectivity index (χ0v) is 14.1. The number of para-hydroxylation sites is 1. The number of nitrogens with zero attached hydrogens (tertiary/aromatic N) is 1. The van der Waals surface area contributed by atoms with E-state index in [0.717, 1.165) is 0 Å². The van der Waals surface area contributed by atoms with Crippen molar-refractivity contribution in [3.05, 3.63) is 64.1 Å². The maximum atomic E-state index is 11.7. The van der Waals surface area contributed by atoms with Crippen LogP contribution in [0.25, 0.3) is 0 Å². The quantitative estimate of drug-likeness (QED) is 0.604. The van der Waals surface area contributed by atoms with Crippen LogP contribution in [0.1, 0.15) is 18.4 Å². The molecule has 0 saturated heterocycles. The number of nitrogens with one attached hydrogen (secondary N) is 2. The second-order valence-electron chi connectivity index (χ2n) is 4.85. The van der Waals surface area contributed by atoms with Gasteiger partial charge in [0, 0.05) is 24.1 Å². The Morgan fingerprint density at radius 1 is 0.958 bits per heavy atom. The molecule has 0 saturated carbocycles. The largest absolute Gasteiger partial charge is 0.326 e. The van der Waals surface area contributed by atoms with E-state index in [2.05, 4.69) is 15.8 Å². The number of amides is 2. The minimum atomic E-state index is -0.368. The lowest BCUT2D eigenvalue weighted by Gasteiger charge is -2.04. The fourth-order valence-corrected chi connectivity index (χ4v) is 2.18.